The molecule has 3 heteroatoms. The largest absolute Gasteiger partial charge is 0.392 e. The summed E-state index contributed by atoms with van der Waals surface area (Å²) in [6.45, 7) is 6.73. The molecule has 112 valence electrons. The van der Waals surface area contributed by atoms with Crippen molar-refractivity contribution in [2.75, 3.05) is 11.9 Å². The fourth-order valence-electron chi connectivity index (χ4n) is 3.20. The molecular formula is C17H28N2O. The molecule has 0 amide bonds. The summed E-state index contributed by atoms with van der Waals surface area (Å²) in [7, 11) is 2.15. The molecule has 2 rings (SSSR count). The van der Waals surface area contributed by atoms with Crippen molar-refractivity contribution < 1.29 is 5.11 Å². The molecule has 3 nitrogen and oxygen atoms in total. The van der Waals surface area contributed by atoms with Crippen LogP contribution < -0.4 is 4.90 Å². The van der Waals surface area contributed by atoms with Crippen LogP contribution in [0.3, 0.4) is 0 Å². The second kappa shape index (κ2) is 6.57. The zero-order valence-corrected chi connectivity index (χ0v) is 13.3. The molecule has 1 aromatic rings. The molecule has 20 heavy (non-hydrogen) atoms. The Hall–Kier alpha value is -1.09. The summed E-state index contributed by atoms with van der Waals surface area (Å²) in [6, 6.07) is 4.63. The number of anilines is 1. The quantitative estimate of drug-likeness (QED) is 0.910. The van der Waals surface area contributed by atoms with Gasteiger partial charge in [-0.25, -0.2) is 4.98 Å². The molecule has 0 spiro atoms. The van der Waals surface area contributed by atoms with Gasteiger partial charge >= 0.3 is 0 Å². The average molecular weight is 276 g/mol. The van der Waals surface area contributed by atoms with Crippen molar-refractivity contribution >= 4 is 5.82 Å². The number of rotatable bonds is 4. The van der Waals surface area contributed by atoms with Gasteiger partial charge in [-0.3, -0.25) is 0 Å². The van der Waals surface area contributed by atoms with Crippen molar-refractivity contribution in [2.45, 2.75) is 65.0 Å². The van der Waals surface area contributed by atoms with Crippen LogP contribution in [0.4, 0.5) is 5.82 Å². The van der Waals surface area contributed by atoms with Gasteiger partial charge in [0, 0.05) is 18.8 Å². The lowest BCUT2D eigenvalue weighted by Crippen LogP contribution is -2.39. The second-order valence-electron chi connectivity index (χ2n) is 6.51. The van der Waals surface area contributed by atoms with E-state index in [1.165, 1.54) is 25.7 Å². The Morgan fingerprint density at radius 2 is 2.00 bits per heavy atom. The van der Waals surface area contributed by atoms with Crippen LogP contribution in [0, 0.1) is 5.92 Å². The molecule has 2 atom stereocenters. The highest BCUT2D eigenvalue weighted by Gasteiger charge is 2.26. The molecule has 1 aliphatic rings. The minimum absolute atomic E-state index is 0.0866. The van der Waals surface area contributed by atoms with Crippen molar-refractivity contribution in [3.63, 3.8) is 0 Å². The van der Waals surface area contributed by atoms with Gasteiger partial charge in [0.25, 0.3) is 0 Å². The fourth-order valence-corrected chi connectivity index (χ4v) is 3.20. The van der Waals surface area contributed by atoms with Crippen LogP contribution in [-0.4, -0.2) is 23.2 Å². The summed E-state index contributed by atoms with van der Waals surface area (Å²) in [5.74, 6) is 2.12. The molecule has 1 aromatic heterocycles. The van der Waals surface area contributed by atoms with Crippen LogP contribution in [-0.2, 0) is 6.61 Å². The first-order valence-electron chi connectivity index (χ1n) is 7.87. The van der Waals surface area contributed by atoms with E-state index in [1.807, 2.05) is 12.1 Å². The van der Waals surface area contributed by atoms with Gasteiger partial charge < -0.3 is 10.0 Å². The van der Waals surface area contributed by atoms with E-state index in [1.54, 1.807) is 0 Å². The molecule has 1 saturated carbocycles. The molecule has 1 aliphatic carbocycles. The van der Waals surface area contributed by atoms with E-state index >= 15 is 0 Å². The first-order valence-corrected chi connectivity index (χ1v) is 7.87. The van der Waals surface area contributed by atoms with Crippen LogP contribution in [0.5, 0.6) is 0 Å². The summed E-state index contributed by atoms with van der Waals surface area (Å²) in [5.41, 5.74) is 2.04. The normalized spacial score (nSPS) is 23.1. The molecule has 1 fully saturated rings. The predicted molar refractivity (Wildman–Crippen MR) is 84.1 cm³/mol. The number of pyridine rings is 1. The summed E-state index contributed by atoms with van der Waals surface area (Å²) in [4.78, 5) is 7.13. The summed E-state index contributed by atoms with van der Waals surface area (Å²) < 4.78 is 0. The Morgan fingerprint density at radius 1 is 1.30 bits per heavy atom. The molecule has 2 unspecified atom stereocenters. The highest BCUT2D eigenvalue weighted by molar-refractivity contribution is 5.43. The number of aliphatic hydroxyl groups is 1. The van der Waals surface area contributed by atoms with Gasteiger partial charge in [0.05, 0.1) is 6.61 Å². The highest BCUT2D eigenvalue weighted by Crippen LogP contribution is 2.30. The number of nitrogens with zero attached hydrogens (tertiary/aromatic N) is 2. The third kappa shape index (κ3) is 3.32. The molecule has 0 aliphatic heterocycles. The van der Waals surface area contributed by atoms with Gasteiger partial charge in [0.2, 0.25) is 0 Å². The zero-order valence-electron chi connectivity index (χ0n) is 13.3. The zero-order chi connectivity index (χ0) is 14.7. The van der Waals surface area contributed by atoms with Crippen LogP contribution in [0.2, 0.25) is 0 Å². The van der Waals surface area contributed by atoms with Crippen molar-refractivity contribution in [1.29, 1.82) is 0 Å². The molecule has 0 aromatic carbocycles. The number of hydrogen-bond acceptors (Lipinski definition) is 3. The van der Waals surface area contributed by atoms with Crippen molar-refractivity contribution in [1.82, 2.24) is 4.98 Å². The fraction of sp³-hybridized carbons (Fsp3) is 0.706. The van der Waals surface area contributed by atoms with Crippen molar-refractivity contribution in [3.8, 4) is 0 Å². The van der Waals surface area contributed by atoms with E-state index in [0.717, 1.165) is 23.0 Å². The van der Waals surface area contributed by atoms with Crippen LogP contribution in [0.25, 0.3) is 0 Å². The Bertz CT molecular complexity index is 445. The molecule has 1 N–H and O–H groups in total. The average Bonchev–Trinajstić information content (AvgIpc) is 2.46. The van der Waals surface area contributed by atoms with Crippen molar-refractivity contribution in [3.05, 3.63) is 23.4 Å². The van der Waals surface area contributed by atoms with E-state index in [2.05, 4.69) is 32.7 Å². The first kappa shape index (κ1) is 15.3. The highest BCUT2D eigenvalue weighted by atomic mass is 16.3. The van der Waals surface area contributed by atoms with Gasteiger partial charge in [0.15, 0.2) is 0 Å². The number of aromatic nitrogens is 1. The SMILES string of the molecule is CC(C)c1cc(CO)cc(N(C)C2CCCCC2C)n1. The van der Waals surface area contributed by atoms with Gasteiger partial charge in [-0.2, -0.15) is 0 Å². The second-order valence-corrected chi connectivity index (χ2v) is 6.51. The van der Waals surface area contributed by atoms with E-state index < -0.39 is 0 Å². The van der Waals surface area contributed by atoms with Crippen molar-refractivity contribution in [2.24, 2.45) is 5.92 Å². The molecule has 0 saturated heterocycles. The minimum Gasteiger partial charge on any atom is -0.392 e. The smallest absolute Gasteiger partial charge is 0.129 e. The van der Waals surface area contributed by atoms with Gasteiger partial charge in [0.1, 0.15) is 5.82 Å². The Morgan fingerprint density at radius 3 is 2.60 bits per heavy atom. The Balaban J connectivity index is 2.28. The Kier molecular flexibility index (Phi) is 5.03. The minimum atomic E-state index is 0.0866. The standard InChI is InChI=1S/C17H28N2O/c1-12(2)15-9-14(11-20)10-17(18-15)19(4)16-8-6-5-7-13(16)3/h9-10,12-13,16,20H,5-8,11H2,1-4H3. The van der Waals surface area contributed by atoms with Gasteiger partial charge in [-0.1, -0.05) is 33.6 Å². The molecule has 0 radical (unpaired) electrons. The lowest BCUT2D eigenvalue weighted by atomic mass is 9.85. The lowest BCUT2D eigenvalue weighted by Gasteiger charge is -2.37. The van der Waals surface area contributed by atoms with Gasteiger partial charge in [-0.15, -0.1) is 0 Å². The summed E-state index contributed by atoms with van der Waals surface area (Å²) in [5, 5.41) is 9.47. The van der Waals surface area contributed by atoms with E-state index in [-0.39, 0.29) is 6.61 Å². The maximum atomic E-state index is 9.47. The maximum Gasteiger partial charge on any atom is 0.129 e. The van der Waals surface area contributed by atoms with Gasteiger partial charge in [-0.05, 0) is 42.4 Å². The number of hydrogen-bond donors (Lipinski definition) is 1. The third-order valence-corrected chi connectivity index (χ3v) is 4.59. The maximum absolute atomic E-state index is 9.47. The monoisotopic (exact) mass is 276 g/mol. The van der Waals surface area contributed by atoms with Crippen LogP contribution >= 0.6 is 0 Å². The number of aliphatic hydroxyl groups excluding tert-OH is 1. The van der Waals surface area contributed by atoms with E-state index in [4.69, 9.17) is 4.98 Å². The topological polar surface area (TPSA) is 36.4 Å². The third-order valence-electron chi connectivity index (χ3n) is 4.59. The van der Waals surface area contributed by atoms with E-state index in [0.29, 0.717) is 12.0 Å². The summed E-state index contributed by atoms with van der Waals surface area (Å²) in [6.07, 6.45) is 5.23. The molecule has 1 heterocycles. The Labute approximate surface area is 123 Å². The van der Waals surface area contributed by atoms with Crippen LogP contribution in [0.1, 0.15) is 63.6 Å². The molecule has 0 bridgehead atoms. The van der Waals surface area contributed by atoms with E-state index in [9.17, 15) is 5.11 Å². The predicted octanol–water partition coefficient (Wildman–Crippen LogP) is 3.71. The molecular weight excluding hydrogens is 248 g/mol. The first-order chi connectivity index (χ1) is 9.52. The lowest BCUT2D eigenvalue weighted by molar-refractivity contribution is 0.281. The summed E-state index contributed by atoms with van der Waals surface area (Å²) >= 11 is 0. The van der Waals surface area contributed by atoms with Crippen LogP contribution in [0.15, 0.2) is 12.1 Å².